The SMILES string of the molecule is O=C(O)[C@H]1CN(c2nc3nc(CN4CCCC4)ncc3s2)CCN1S(=O)(=O)c1ccc(OC(F)(F)F)cc1. The second-order valence-electron chi connectivity index (χ2n) is 8.89. The summed E-state index contributed by atoms with van der Waals surface area (Å²) in [7, 11) is -4.32. The summed E-state index contributed by atoms with van der Waals surface area (Å²) in [6.45, 7) is 2.45. The molecule has 0 amide bonds. The third kappa shape index (κ3) is 5.67. The molecule has 16 heteroatoms. The normalized spacial score (nSPS) is 19.8. The molecule has 2 fully saturated rings. The lowest BCUT2D eigenvalue weighted by atomic mass is 10.2. The second kappa shape index (κ2) is 10.2. The maximum atomic E-state index is 13.2. The van der Waals surface area contributed by atoms with E-state index >= 15 is 0 Å². The lowest BCUT2D eigenvalue weighted by Crippen LogP contribution is -2.58. The number of carboxylic acid groups (broad SMARTS) is 1. The van der Waals surface area contributed by atoms with Crippen molar-refractivity contribution in [2.24, 2.45) is 0 Å². The number of rotatable bonds is 7. The van der Waals surface area contributed by atoms with Crippen LogP contribution in [0.3, 0.4) is 0 Å². The van der Waals surface area contributed by atoms with Gasteiger partial charge in [-0.15, -0.1) is 13.2 Å². The van der Waals surface area contributed by atoms with E-state index in [0.717, 1.165) is 59.2 Å². The molecule has 2 aliphatic rings. The van der Waals surface area contributed by atoms with Crippen molar-refractivity contribution in [2.45, 2.75) is 36.7 Å². The van der Waals surface area contributed by atoms with Crippen LogP contribution in [0.5, 0.6) is 5.75 Å². The number of sulfonamides is 1. The van der Waals surface area contributed by atoms with Crippen molar-refractivity contribution in [2.75, 3.05) is 37.6 Å². The van der Waals surface area contributed by atoms with Gasteiger partial charge in [0.15, 0.2) is 10.8 Å². The third-order valence-electron chi connectivity index (χ3n) is 6.30. The molecular weight excluding hydrogens is 549 g/mol. The fourth-order valence-corrected chi connectivity index (χ4v) is 6.97. The first-order valence-corrected chi connectivity index (χ1v) is 14.0. The monoisotopic (exact) mass is 572 g/mol. The molecule has 38 heavy (non-hydrogen) atoms. The van der Waals surface area contributed by atoms with Crippen LogP contribution in [0.15, 0.2) is 35.4 Å². The summed E-state index contributed by atoms with van der Waals surface area (Å²) in [5, 5.41) is 10.3. The highest BCUT2D eigenvalue weighted by atomic mass is 32.2. The summed E-state index contributed by atoms with van der Waals surface area (Å²) >= 11 is 1.29. The Balaban J connectivity index is 1.33. The highest BCUT2D eigenvalue weighted by molar-refractivity contribution is 7.89. The summed E-state index contributed by atoms with van der Waals surface area (Å²) in [4.78, 5) is 29.2. The van der Waals surface area contributed by atoms with Gasteiger partial charge >= 0.3 is 12.3 Å². The van der Waals surface area contributed by atoms with E-state index < -0.39 is 34.1 Å². The largest absolute Gasteiger partial charge is 0.573 e. The van der Waals surface area contributed by atoms with Crippen molar-refractivity contribution in [3.05, 3.63) is 36.3 Å². The Kier molecular flexibility index (Phi) is 7.15. The average Bonchev–Trinajstić information content (AvgIpc) is 3.52. The minimum absolute atomic E-state index is 0.159. The van der Waals surface area contributed by atoms with Crippen LogP contribution < -0.4 is 9.64 Å². The van der Waals surface area contributed by atoms with Gasteiger partial charge in [0.05, 0.1) is 22.3 Å². The zero-order valence-corrected chi connectivity index (χ0v) is 21.5. The number of alkyl halides is 3. The Bertz CT molecular complexity index is 1430. The number of carbonyl (C=O) groups is 1. The number of nitrogens with zero attached hydrogens (tertiary/aromatic N) is 6. The first-order valence-electron chi connectivity index (χ1n) is 11.7. The van der Waals surface area contributed by atoms with E-state index in [1.807, 2.05) is 0 Å². The fraction of sp³-hybridized carbons (Fsp3) is 0.455. The van der Waals surface area contributed by atoms with Crippen molar-refractivity contribution in [3.8, 4) is 5.75 Å². The molecule has 204 valence electrons. The summed E-state index contributed by atoms with van der Waals surface area (Å²) in [6, 6.07) is 2.20. The third-order valence-corrected chi connectivity index (χ3v) is 9.27. The first kappa shape index (κ1) is 26.5. The second-order valence-corrected chi connectivity index (χ2v) is 11.8. The van der Waals surface area contributed by atoms with Gasteiger partial charge in [-0.2, -0.15) is 9.29 Å². The van der Waals surface area contributed by atoms with Crippen molar-refractivity contribution >= 4 is 42.8 Å². The van der Waals surface area contributed by atoms with Crippen LogP contribution >= 0.6 is 11.3 Å². The highest BCUT2D eigenvalue weighted by Crippen LogP contribution is 2.31. The molecule has 1 aromatic carbocycles. The lowest BCUT2D eigenvalue weighted by Gasteiger charge is -2.38. The van der Waals surface area contributed by atoms with Gasteiger partial charge in [0.2, 0.25) is 10.0 Å². The number of carboxylic acids is 1. The number of thiazole rings is 1. The molecule has 5 rings (SSSR count). The van der Waals surface area contributed by atoms with Crippen LogP contribution in [0.2, 0.25) is 0 Å². The Labute approximate surface area is 219 Å². The van der Waals surface area contributed by atoms with E-state index in [1.165, 1.54) is 11.3 Å². The van der Waals surface area contributed by atoms with Crippen molar-refractivity contribution < 1.29 is 36.2 Å². The molecular formula is C22H23F3N6O5S2. The Hall–Kier alpha value is -3.08. The smallest absolute Gasteiger partial charge is 0.480 e. The zero-order valence-electron chi connectivity index (χ0n) is 19.8. The molecule has 2 aromatic heterocycles. The minimum atomic E-state index is -4.92. The number of likely N-dealkylation sites (tertiary alicyclic amines) is 1. The topological polar surface area (TPSA) is 129 Å². The van der Waals surface area contributed by atoms with E-state index in [-0.39, 0.29) is 24.5 Å². The van der Waals surface area contributed by atoms with Crippen molar-refractivity contribution in [1.82, 2.24) is 24.2 Å². The Morgan fingerprint density at radius 1 is 1.11 bits per heavy atom. The van der Waals surface area contributed by atoms with Crippen LogP contribution in [-0.4, -0.2) is 88.8 Å². The van der Waals surface area contributed by atoms with E-state index in [1.54, 1.807) is 11.1 Å². The van der Waals surface area contributed by atoms with Crippen LogP contribution in [0.4, 0.5) is 18.3 Å². The number of hydrogen-bond acceptors (Lipinski definition) is 10. The van der Waals surface area contributed by atoms with Crippen LogP contribution in [-0.2, 0) is 21.4 Å². The number of hydrogen-bond donors (Lipinski definition) is 1. The molecule has 0 bridgehead atoms. The molecule has 1 N–H and O–H groups in total. The number of halogens is 3. The van der Waals surface area contributed by atoms with Gasteiger partial charge in [0.1, 0.15) is 17.6 Å². The maximum Gasteiger partial charge on any atom is 0.573 e. The number of piperazine rings is 1. The highest BCUT2D eigenvalue weighted by Gasteiger charge is 2.41. The summed E-state index contributed by atoms with van der Waals surface area (Å²) in [5.41, 5.74) is 0.497. The van der Waals surface area contributed by atoms with Gasteiger partial charge in [0, 0.05) is 19.6 Å². The number of benzene rings is 1. The molecule has 0 saturated carbocycles. The molecule has 0 unspecified atom stereocenters. The maximum absolute atomic E-state index is 13.2. The standard InChI is InChI=1S/C22H23F3N6O5S2/c23-22(24,25)36-14-3-5-15(6-4-14)38(34,35)31-10-9-30(12-16(31)20(32)33)21-28-19-17(37-21)11-26-18(27-19)13-29-7-1-2-8-29/h3-6,11,16H,1-2,7-10,12-13H2,(H,32,33)/t16-/m1/s1. The summed E-state index contributed by atoms with van der Waals surface area (Å²) < 4.78 is 69.0. The van der Waals surface area contributed by atoms with Crippen LogP contribution in [0.25, 0.3) is 10.3 Å². The van der Waals surface area contributed by atoms with E-state index in [2.05, 4.69) is 24.6 Å². The number of aliphatic carboxylic acids is 1. The molecule has 11 nitrogen and oxygen atoms in total. The fourth-order valence-electron chi connectivity index (χ4n) is 4.49. The Morgan fingerprint density at radius 2 is 1.82 bits per heavy atom. The van der Waals surface area contributed by atoms with Crippen LogP contribution in [0.1, 0.15) is 18.7 Å². The molecule has 2 aliphatic heterocycles. The Morgan fingerprint density at radius 3 is 2.47 bits per heavy atom. The number of fused-ring (bicyclic) bond motifs is 1. The predicted octanol–water partition coefficient (Wildman–Crippen LogP) is 2.54. The van der Waals surface area contributed by atoms with E-state index in [4.69, 9.17) is 0 Å². The number of anilines is 1. The first-order chi connectivity index (χ1) is 18.0. The molecule has 0 spiro atoms. The van der Waals surface area contributed by atoms with Gasteiger partial charge in [-0.1, -0.05) is 11.3 Å². The molecule has 3 aromatic rings. The molecule has 1 atom stereocenters. The van der Waals surface area contributed by atoms with Crippen molar-refractivity contribution in [3.63, 3.8) is 0 Å². The van der Waals surface area contributed by atoms with Gasteiger partial charge in [-0.25, -0.2) is 18.4 Å². The predicted molar refractivity (Wildman–Crippen MR) is 130 cm³/mol. The molecule has 0 aliphatic carbocycles. The average molecular weight is 573 g/mol. The van der Waals surface area contributed by atoms with E-state index in [0.29, 0.717) is 23.1 Å². The molecule has 2 saturated heterocycles. The van der Waals surface area contributed by atoms with Crippen LogP contribution in [0, 0.1) is 0 Å². The van der Waals surface area contributed by atoms with Gasteiger partial charge in [-0.3, -0.25) is 9.69 Å². The number of ether oxygens (including phenoxy) is 1. The summed E-state index contributed by atoms with van der Waals surface area (Å²) in [6.07, 6.45) is -0.941. The quantitative estimate of drug-likeness (QED) is 0.451. The number of aromatic nitrogens is 3. The van der Waals surface area contributed by atoms with Gasteiger partial charge in [-0.05, 0) is 50.2 Å². The molecule has 0 radical (unpaired) electrons. The zero-order chi connectivity index (χ0) is 27.1. The lowest BCUT2D eigenvalue weighted by molar-refractivity contribution is -0.274. The minimum Gasteiger partial charge on any atom is -0.480 e. The van der Waals surface area contributed by atoms with Gasteiger partial charge in [0.25, 0.3) is 0 Å². The van der Waals surface area contributed by atoms with Gasteiger partial charge < -0.3 is 14.7 Å². The van der Waals surface area contributed by atoms with E-state index in [9.17, 15) is 31.5 Å². The summed E-state index contributed by atoms with van der Waals surface area (Å²) in [5.74, 6) is -1.29. The molecule has 4 heterocycles. The van der Waals surface area contributed by atoms with Crippen molar-refractivity contribution in [1.29, 1.82) is 0 Å².